The van der Waals surface area contributed by atoms with Gasteiger partial charge >= 0.3 is 0 Å². The van der Waals surface area contributed by atoms with Gasteiger partial charge in [-0.1, -0.05) is 36.4 Å². The van der Waals surface area contributed by atoms with E-state index < -0.39 is 6.04 Å². The largest absolute Gasteiger partial charge is 0.368 e. The minimum atomic E-state index is -0.424. The fourth-order valence-electron chi connectivity index (χ4n) is 1.88. The Morgan fingerprint density at radius 2 is 1.84 bits per heavy atom. The van der Waals surface area contributed by atoms with E-state index in [2.05, 4.69) is 10.3 Å². The third-order valence-corrected chi connectivity index (χ3v) is 2.96. The molecule has 0 aliphatic rings. The number of carbonyl (C=O) groups excluding carboxylic acids is 1. The number of aromatic nitrogens is 1. The minimum Gasteiger partial charge on any atom is -0.368 e. The highest BCUT2D eigenvalue weighted by atomic mass is 16.1. The summed E-state index contributed by atoms with van der Waals surface area (Å²) in [7, 11) is 0. The average Bonchev–Trinajstić information content (AvgIpc) is 2.46. The maximum Gasteiger partial charge on any atom is 0.234 e. The third-order valence-electron chi connectivity index (χ3n) is 2.96. The molecule has 0 bridgehead atoms. The van der Waals surface area contributed by atoms with Crippen molar-refractivity contribution in [1.82, 2.24) is 10.3 Å². The molecule has 3 N–H and O–H groups in total. The number of nitrogens with two attached hydrogens (primary N) is 1. The highest BCUT2D eigenvalue weighted by Crippen LogP contribution is 2.20. The number of hydrogen-bond donors (Lipinski definition) is 2. The molecular formula is C15H17N3O. The van der Waals surface area contributed by atoms with E-state index in [0.717, 1.165) is 11.3 Å². The van der Waals surface area contributed by atoms with E-state index in [1.807, 2.05) is 48.5 Å². The molecule has 0 saturated carbocycles. The summed E-state index contributed by atoms with van der Waals surface area (Å²) in [5, 5.41) is 3.21. The molecule has 0 fully saturated rings. The first-order chi connectivity index (χ1) is 9.18. The van der Waals surface area contributed by atoms with Crippen molar-refractivity contribution in [3.63, 3.8) is 0 Å². The van der Waals surface area contributed by atoms with Crippen LogP contribution in [0.15, 0.2) is 54.7 Å². The molecule has 1 heterocycles. The van der Waals surface area contributed by atoms with Crippen molar-refractivity contribution in [2.75, 3.05) is 0 Å². The summed E-state index contributed by atoms with van der Waals surface area (Å²) in [6.07, 6.45) is 1.74. The van der Waals surface area contributed by atoms with Crippen molar-refractivity contribution in [1.29, 1.82) is 0 Å². The molecule has 4 nitrogen and oxygen atoms in total. The highest BCUT2D eigenvalue weighted by Gasteiger charge is 2.19. The summed E-state index contributed by atoms with van der Waals surface area (Å²) in [5.41, 5.74) is 7.23. The Balaban J connectivity index is 2.32. The normalized spacial score (nSPS) is 13.7. The van der Waals surface area contributed by atoms with Crippen LogP contribution < -0.4 is 11.1 Å². The average molecular weight is 255 g/mol. The van der Waals surface area contributed by atoms with Gasteiger partial charge in [-0.15, -0.1) is 0 Å². The van der Waals surface area contributed by atoms with Gasteiger partial charge in [0.15, 0.2) is 0 Å². The summed E-state index contributed by atoms with van der Waals surface area (Å²) in [6.45, 7) is 1.75. The van der Waals surface area contributed by atoms with Gasteiger partial charge in [-0.2, -0.15) is 0 Å². The van der Waals surface area contributed by atoms with Crippen LogP contribution in [0.3, 0.4) is 0 Å². The Labute approximate surface area is 112 Å². The van der Waals surface area contributed by atoms with Gasteiger partial charge in [0, 0.05) is 6.20 Å². The first-order valence-electron chi connectivity index (χ1n) is 6.19. The van der Waals surface area contributed by atoms with Crippen molar-refractivity contribution in [3.05, 3.63) is 66.0 Å². The van der Waals surface area contributed by atoms with Crippen LogP contribution in [0, 0.1) is 0 Å². The van der Waals surface area contributed by atoms with Gasteiger partial charge in [-0.25, -0.2) is 0 Å². The predicted octanol–water partition coefficient (Wildman–Crippen LogP) is 1.63. The van der Waals surface area contributed by atoms with Gasteiger partial charge in [-0.3, -0.25) is 15.1 Å². The number of pyridine rings is 1. The third kappa shape index (κ3) is 3.39. The molecule has 0 saturated heterocycles. The molecule has 0 unspecified atom stereocenters. The summed E-state index contributed by atoms with van der Waals surface area (Å²) in [6, 6.07) is 15.0. The zero-order valence-corrected chi connectivity index (χ0v) is 10.8. The van der Waals surface area contributed by atoms with Crippen LogP contribution in [0.5, 0.6) is 0 Å². The van der Waals surface area contributed by atoms with Crippen molar-refractivity contribution in [2.45, 2.75) is 19.0 Å². The number of nitrogens with zero attached hydrogens (tertiary/aromatic N) is 1. The number of amides is 1. The second-order valence-corrected chi connectivity index (χ2v) is 4.39. The molecule has 4 heteroatoms. The maximum absolute atomic E-state index is 11.2. The van der Waals surface area contributed by atoms with E-state index in [-0.39, 0.29) is 11.9 Å². The monoisotopic (exact) mass is 255 g/mol. The molecular weight excluding hydrogens is 238 g/mol. The second kappa shape index (κ2) is 6.11. The SMILES string of the molecule is C[C@@H](N[C@H](c1ccccc1)c1ccccn1)C(N)=O. The van der Waals surface area contributed by atoms with E-state index in [4.69, 9.17) is 5.73 Å². The maximum atomic E-state index is 11.2. The van der Waals surface area contributed by atoms with Crippen LogP contribution in [-0.4, -0.2) is 16.9 Å². The number of benzene rings is 1. The van der Waals surface area contributed by atoms with Gasteiger partial charge in [0.25, 0.3) is 0 Å². The molecule has 0 aliphatic heterocycles. The van der Waals surface area contributed by atoms with Crippen molar-refractivity contribution in [3.8, 4) is 0 Å². The Morgan fingerprint density at radius 1 is 1.16 bits per heavy atom. The molecule has 2 rings (SSSR count). The zero-order valence-electron chi connectivity index (χ0n) is 10.8. The lowest BCUT2D eigenvalue weighted by Crippen LogP contribution is -2.41. The van der Waals surface area contributed by atoms with Gasteiger partial charge in [0.2, 0.25) is 5.91 Å². The molecule has 0 spiro atoms. The van der Waals surface area contributed by atoms with Crippen molar-refractivity contribution < 1.29 is 4.79 Å². The van der Waals surface area contributed by atoms with Gasteiger partial charge in [0.05, 0.1) is 17.8 Å². The molecule has 98 valence electrons. The molecule has 1 amide bonds. The number of hydrogen-bond acceptors (Lipinski definition) is 3. The van der Waals surface area contributed by atoms with E-state index in [1.165, 1.54) is 0 Å². The summed E-state index contributed by atoms with van der Waals surface area (Å²) in [5.74, 6) is -0.378. The van der Waals surface area contributed by atoms with E-state index in [9.17, 15) is 4.79 Å². The molecule has 0 radical (unpaired) electrons. The van der Waals surface area contributed by atoms with Crippen LogP contribution in [0.2, 0.25) is 0 Å². The van der Waals surface area contributed by atoms with Gasteiger partial charge in [0.1, 0.15) is 0 Å². The standard InChI is InChI=1S/C15H17N3O/c1-11(15(16)19)18-14(12-7-3-2-4-8-12)13-9-5-6-10-17-13/h2-11,14,18H,1H3,(H2,16,19)/t11-,14-/m1/s1. The molecule has 19 heavy (non-hydrogen) atoms. The molecule has 2 atom stereocenters. The number of primary amides is 1. The molecule has 0 aliphatic carbocycles. The molecule has 2 aromatic rings. The number of carbonyl (C=O) groups is 1. The first kappa shape index (κ1) is 13.2. The van der Waals surface area contributed by atoms with Gasteiger partial charge < -0.3 is 5.73 Å². The first-order valence-corrected chi connectivity index (χ1v) is 6.19. The summed E-state index contributed by atoms with van der Waals surface area (Å²) in [4.78, 5) is 15.6. The van der Waals surface area contributed by atoms with E-state index in [0.29, 0.717) is 0 Å². The molecule has 1 aromatic heterocycles. The smallest absolute Gasteiger partial charge is 0.234 e. The van der Waals surface area contributed by atoms with Crippen LogP contribution in [0.25, 0.3) is 0 Å². The topological polar surface area (TPSA) is 68.0 Å². The molecule has 1 aromatic carbocycles. The van der Waals surface area contributed by atoms with E-state index >= 15 is 0 Å². The lowest BCUT2D eigenvalue weighted by Gasteiger charge is -2.21. The Hall–Kier alpha value is -2.20. The van der Waals surface area contributed by atoms with Crippen molar-refractivity contribution in [2.24, 2.45) is 5.73 Å². The van der Waals surface area contributed by atoms with Crippen LogP contribution in [-0.2, 0) is 4.79 Å². The van der Waals surface area contributed by atoms with Crippen LogP contribution in [0.4, 0.5) is 0 Å². The fraction of sp³-hybridized carbons (Fsp3) is 0.200. The van der Waals surface area contributed by atoms with Gasteiger partial charge in [-0.05, 0) is 24.6 Å². The quantitative estimate of drug-likeness (QED) is 0.853. The number of rotatable bonds is 5. The zero-order chi connectivity index (χ0) is 13.7. The second-order valence-electron chi connectivity index (χ2n) is 4.39. The lowest BCUT2D eigenvalue weighted by molar-refractivity contribution is -0.119. The van der Waals surface area contributed by atoms with Crippen LogP contribution >= 0.6 is 0 Å². The summed E-state index contributed by atoms with van der Waals surface area (Å²) < 4.78 is 0. The fourth-order valence-corrected chi connectivity index (χ4v) is 1.88. The minimum absolute atomic E-state index is 0.148. The predicted molar refractivity (Wildman–Crippen MR) is 74.3 cm³/mol. The van der Waals surface area contributed by atoms with E-state index in [1.54, 1.807) is 13.1 Å². The van der Waals surface area contributed by atoms with Crippen LogP contribution in [0.1, 0.15) is 24.2 Å². The Morgan fingerprint density at radius 3 is 2.42 bits per heavy atom. The Bertz CT molecular complexity index is 488. The highest BCUT2D eigenvalue weighted by molar-refractivity contribution is 5.79. The number of nitrogens with one attached hydrogen (secondary N) is 1. The lowest BCUT2D eigenvalue weighted by atomic mass is 10.0. The van der Waals surface area contributed by atoms with Crippen molar-refractivity contribution >= 4 is 5.91 Å². The Kier molecular flexibility index (Phi) is 4.26. The summed E-state index contributed by atoms with van der Waals surface area (Å²) >= 11 is 0.